The second-order valence-electron chi connectivity index (χ2n) is 4.94. The molecular formula is C14H22N2O. The van der Waals surface area contributed by atoms with E-state index in [-0.39, 0.29) is 6.10 Å². The number of rotatable bonds is 4. The second-order valence-corrected chi connectivity index (χ2v) is 4.94. The molecule has 0 bridgehead atoms. The van der Waals surface area contributed by atoms with Gasteiger partial charge in [-0.3, -0.25) is 0 Å². The van der Waals surface area contributed by atoms with Gasteiger partial charge in [-0.05, 0) is 44.0 Å². The summed E-state index contributed by atoms with van der Waals surface area (Å²) in [5.74, 6) is 0. The number of anilines is 2. The minimum Gasteiger partial charge on any atom is -0.392 e. The van der Waals surface area contributed by atoms with Crippen LogP contribution in [0.15, 0.2) is 24.3 Å². The van der Waals surface area contributed by atoms with Crippen LogP contribution in [0.25, 0.3) is 0 Å². The average Bonchev–Trinajstić information content (AvgIpc) is 2.82. The lowest BCUT2D eigenvalue weighted by atomic mass is 10.2. The summed E-state index contributed by atoms with van der Waals surface area (Å²) >= 11 is 0. The number of hydrogen-bond donors (Lipinski definition) is 1. The van der Waals surface area contributed by atoms with Crippen LogP contribution in [0.3, 0.4) is 0 Å². The van der Waals surface area contributed by atoms with Crippen molar-refractivity contribution in [2.24, 2.45) is 0 Å². The molecule has 1 aromatic carbocycles. The topological polar surface area (TPSA) is 26.7 Å². The van der Waals surface area contributed by atoms with E-state index >= 15 is 0 Å². The van der Waals surface area contributed by atoms with Crippen LogP contribution >= 0.6 is 0 Å². The summed E-state index contributed by atoms with van der Waals surface area (Å²) in [4.78, 5) is 4.51. The van der Waals surface area contributed by atoms with Gasteiger partial charge < -0.3 is 14.9 Å². The molecular weight excluding hydrogens is 212 g/mol. The zero-order valence-electron chi connectivity index (χ0n) is 10.8. The van der Waals surface area contributed by atoms with E-state index in [0.29, 0.717) is 6.54 Å². The molecule has 0 aromatic heterocycles. The van der Waals surface area contributed by atoms with Gasteiger partial charge in [0.25, 0.3) is 0 Å². The highest BCUT2D eigenvalue weighted by atomic mass is 16.3. The Morgan fingerprint density at radius 1 is 1.24 bits per heavy atom. The van der Waals surface area contributed by atoms with E-state index < -0.39 is 0 Å². The molecule has 0 aliphatic carbocycles. The maximum absolute atomic E-state index is 9.36. The molecule has 0 spiro atoms. The maximum Gasteiger partial charge on any atom is 0.0686 e. The van der Waals surface area contributed by atoms with Crippen molar-refractivity contribution in [2.45, 2.75) is 25.9 Å². The summed E-state index contributed by atoms with van der Waals surface area (Å²) in [5.41, 5.74) is 2.48. The fourth-order valence-corrected chi connectivity index (χ4v) is 2.40. The van der Waals surface area contributed by atoms with Crippen molar-refractivity contribution in [2.75, 3.05) is 36.5 Å². The molecule has 0 amide bonds. The minimum absolute atomic E-state index is 0.293. The Hall–Kier alpha value is -1.22. The van der Waals surface area contributed by atoms with Gasteiger partial charge in [-0.1, -0.05) is 0 Å². The summed E-state index contributed by atoms with van der Waals surface area (Å²) in [7, 11) is 2.01. The van der Waals surface area contributed by atoms with Crippen LogP contribution in [0, 0.1) is 0 Å². The Morgan fingerprint density at radius 3 is 2.35 bits per heavy atom. The van der Waals surface area contributed by atoms with E-state index in [4.69, 9.17) is 0 Å². The smallest absolute Gasteiger partial charge is 0.0686 e. The van der Waals surface area contributed by atoms with Crippen LogP contribution in [0.4, 0.5) is 11.4 Å². The number of hydrogen-bond acceptors (Lipinski definition) is 3. The fourth-order valence-electron chi connectivity index (χ4n) is 2.40. The van der Waals surface area contributed by atoms with Crippen molar-refractivity contribution in [1.29, 1.82) is 0 Å². The summed E-state index contributed by atoms with van der Waals surface area (Å²) in [6.45, 7) is 4.85. The van der Waals surface area contributed by atoms with Gasteiger partial charge in [0.1, 0.15) is 0 Å². The lowest BCUT2D eigenvalue weighted by Crippen LogP contribution is -2.26. The molecule has 0 saturated carbocycles. The third-order valence-corrected chi connectivity index (χ3v) is 3.30. The molecule has 3 nitrogen and oxygen atoms in total. The molecule has 1 heterocycles. The number of likely N-dealkylation sites (N-methyl/N-ethyl adjacent to an activating group) is 1. The average molecular weight is 234 g/mol. The van der Waals surface area contributed by atoms with E-state index in [1.54, 1.807) is 0 Å². The summed E-state index contributed by atoms with van der Waals surface area (Å²) < 4.78 is 0. The first-order valence-corrected chi connectivity index (χ1v) is 6.41. The van der Waals surface area contributed by atoms with E-state index in [9.17, 15) is 5.11 Å². The molecule has 1 aliphatic rings. The SMILES string of the molecule is CC(O)CN(C)c1ccc(N2CCCC2)cc1. The Labute approximate surface area is 104 Å². The van der Waals surface area contributed by atoms with E-state index in [2.05, 4.69) is 34.1 Å². The van der Waals surface area contributed by atoms with Gasteiger partial charge >= 0.3 is 0 Å². The van der Waals surface area contributed by atoms with Crippen molar-refractivity contribution < 1.29 is 5.11 Å². The quantitative estimate of drug-likeness (QED) is 0.864. The molecule has 94 valence electrons. The largest absolute Gasteiger partial charge is 0.392 e. The molecule has 17 heavy (non-hydrogen) atoms. The normalized spacial score (nSPS) is 17.2. The molecule has 1 aromatic rings. The van der Waals surface area contributed by atoms with Crippen molar-refractivity contribution in [3.8, 4) is 0 Å². The number of nitrogens with zero attached hydrogens (tertiary/aromatic N) is 2. The van der Waals surface area contributed by atoms with Crippen LogP contribution in [0.5, 0.6) is 0 Å². The molecule has 0 radical (unpaired) electrons. The zero-order chi connectivity index (χ0) is 12.3. The molecule has 1 fully saturated rings. The van der Waals surface area contributed by atoms with Gasteiger partial charge in [0, 0.05) is 38.1 Å². The van der Waals surface area contributed by atoms with Crippen LogP contribution in [0.2, 0.25) is 0 Å². The predicted octanol–water partition coefficient (Wildman–Crippen LogP) is 2.10. The zero-order valence-corrected chi connectivity index (χ0v) is 10.8. The molecule has 1 atom stereocenters. The van der Waals surface area contributed by atoms with E-state index in [1.807, 2.05) is 14.0 Å². The highest BCUT2D eigenvalue weighted by Crippen LogP contribution is 2.23. The van der Waals surface area contributed by atoms with Crippen molar-refractivity contribution in [1.82, 2.24) is 0 Å². The predicted molar refractivity (Wildman–Crippen MR) is 72.8 cm³/mol. The fraction of sp³-hybridized carbons (Fsp3) is 0.571. The lowest BCUT2D eigenvalue weighted by Gasteiger charge is -2.23. The Morgan fingerprint density at radius 2 is 1.82 bits per heavy atom. The van der Waals surface area contributed by atoms with Crippen molar-refractivity contribution >= 4 is 11.4 Å². The van der Waals surface area contributed by atoms with E-state index in [1.165, 1.54) is 31.6 Å². The third-order valence-electron chi connectivity index (χ3n) is 3.30. The maximum atomic E-state index is 9.36. The van der Waals surface area contributed by atoms with Gasteiger partial charge in [0.15, 0.2) is 0 Å². The van der Waals surface area contributed by atoms with Crippen LogP contribution < -0.4 is 9.80 Å². The minimum atomic E-state index is -0.293. The molecule has 1 aliphatic heterocycles. The summed E-state index contributed by atoms with van der Waals surface area (Å²) in [6.07, 6.45) is 2.33. The third kappa shape index (κ3) is 3.13. The molecule has 3 heteroatoms. The summed E-state index contributed by atoms with van der Waals surface area (Å²) in [5, 5.41) is 9.36. The molecule has 1 N–H and O–H groups in total. The van der Waals surface area contributed by atoms with Gasteiger partial charge in [0.2, 0.25) is 0 Å². The Kier molecular flexibility index (Phi) is 3.89. The van der Waals surface area contributed by atoms with Crippen LogP contribution in [-0.4, -0.2) is 37.9 Å². The molecule has 1 saturated heterocycles. The molecule has 2 rings (SSSR count). The number of aliphatic hydroxyl groups excluding tert-OH is 1. The first kappa shape index (κ1) is 12.2. The lowest BCUT2D eigenvalue weighted by molar-refractivity contribution is 0.201. The first-order valence-electron chi connectivity index (χ1n) is 6.41. The Balaban J connectivity index is 2.01. The summed E-state index contributed by atoms with van der Waals surface area (Å²) in [6, 6.07) is 8.63. The Bertz CT molecular complexity index is 342. The highest BCUT2D eigenvalue weighted by Gasteiger charge is 2.12. The standard InChI is InChI=1S/C14H22N2O/c1-12(17)11-15(2)13-5-7-14(8-6-13)16-9-3-4-10-16/h5-8,12,17H,3-4,9-11H2,1-2H3. The monoisotopic (exact) mass is 234 g/mol. The highest BCUT2D eigenvalue weighted by molar-refractivity contribution is 5.56. The molecule has 1 unspecified atom stereocenters. The number of benzene rings is 1. The van der Waals surface area contributed by atoms with E-state index in [0.717, 1.165) is 5.69 Å². The van der Waals surface area contributed by atoms with Crippen molar-refractivity contribution in [3.63, 3.8) is 0 Å². The van der Waals surface area contributed by atoms with Crippen LogP contribution in [-0.2, 0) is 0 Å². The second kappa shape index (κ2) is 5.41. The van der Waals surface area contributed by atoms with Gasteiger partial charge in [-0.15, -0.1) is 0 Å². The first-order chi connectivity index (χ1) is 8.16. The van der Waals surface area contributed by atoms with Gasteiger partial charge in [0.05, 0.1) is 6.10 Å². The van der Waals surface area contributed by atoms with Gasteiger partial charge in [-0.2, -0.15) is 0 Å². The van der Waals surface area contributed by atoms with Gasteiger partial charge in [-0.25, -0.2) is 0 Å². The van der Waals surface area contributed by atoms with Crippen LogP contribution in [0.1, 0.15) is 19.8 Å². The number of aliphatic hydroxyl groups is 1. The van der Waals surface area contributed by atoms with Crippen molar-refractivity contribution in [3.05, 3.63) is 24.3 Å².